The minimum Gasteiger partial charge on any atom is -0.465 e. The van der Waals surface area contributed by atoms with Gasteiger partial charge in [-0.15, -0.1) is 15.2 Å². The molecule has 0 saturated carbocycles. The van der Waals surface area contributed by atoms with Crippen molar-refractivity contribution in [3.63, 3.8) is 0 Å². The fraction of sp³-hybridized carbons (Fsp3) is 0.590. The van der Waals surface area contributed by atoms with Crippen LogP contribution < -0.4 is 11.1 Å². The van der Waals surface area contributed by atoms with Crippen molar-refractivity contribution in [1.29, 1.82) is 5.26 Å². The van der Waals surface area contributed by atoms with Gasteiger partial charge in [-0.2, -0.15) is 5.26 Å². The van der Waals surface area contributed by atoms with Crippen LogP contribution in [0, 0.1) is 29.6 Å². The number of carbonyl (C=O) groups is 1. The number of rotatable bonds is 16. The van der Waals surface area contributed by atoms with Gasteiger partial charge >= 0.3 is 6.09 Å². The van der Waals surface area contributed by atoms with Crippen molar-refractivity contribution < 1.29 is 19.7 Å². The molecule has 1 amide bonds. The molecule has 1 saturated heterocycles. The second kappa shape index (κ2) is 28.3. The molecule has 0 radical (unpaired) electrons. The largest absolute Gasteiger partial charge is 0.465 e. The monoisotopic (exact) mass is 669 g/mol. The van der Waals surface area contributed by atoms with E-state index in [0.29, 0.717) is 37.2 Å². The van der Waals surface area contributed by atoms with Gasteiger partial charge in [-0.1, -0.05) is 113 Å². The van der Waals surface area contributed by atoms with Crippen molar-refractivity contribution in [2.45, 2.75) is 117 Å². The zero-order chi connectivity index (χ0) is 35.3. The maximum atomic E-state index is 10.7. The van der Waals surface area contributed by atoms with Crippen molar-refractivity contribution in [3.8, 4) is 6.07 Å². The molecular weight excluding hydrogens is 605 g/mol. The fourth-order valence-electron chi connectivity index (χ4n) is 5.22. The van der Waals surface area contributed by atoms with E-state index in [9.17, 15) is 9.90 Å². The molecule has 5 atom stereocenters. The van der Waals surface area contributed by atoms with E-state index in [-0.39, 0.29) is 0 Å². The van der Waals surface area contributed by atoms with Crippen LogP contribution in [0.5, 0.6) is 0 Å². The van der Waals surface area contributed by atoms with Crippen molar-refractivity contribution in [2.24, 2.45) is 17.1 Å². The minimum atomic E-state index is -1.12. The Hall–Kier alpha value is -2.75. The number of aliphatic hydroxyl groups is 1. The third kappa shape index (κ3) is 24.1. The summed E-state index contributed by atoms with van der Waals surface area (Å²) in [7, 11) is 0.846. The van der Waals surface area contributed by atoms with Crippen LogP contribution in [0.25, 0.3) is 0 Å². The van der Waals surface area contributed by atoms with Gasteiger partial charge in [-0.3, -0.25) is 0 Å². The van der Waals surface area contributed by atoms with Crippen LogP contribution in [0.2, 0.25) is 0 Å². The summed E-state index contributed by atoms with van der Waals surface area (Å²) in [6.45, 7) is 15.6. The topological polar surface area (TPSA) is 129 Å². The normalized spacial score (nSPS) is 16.6. The van der Waals surface area contributed by atoms with Gasteiger partial charge in [0.2, 0.25) is 0 Å². The van der Waals surface area contributed by atoms with Crippen LogP contribution in [0.1, 0.15) is 96.6 Å². The molecule has 1 heterocycles. The Labute approximate surface area is 288 Å². The van der Waals surface area contributed by atoms with E-state index in [4.69, 9.17) is 20.8 Å². The number of hydrogen-bond acceptors (Lipinski definition) is 5. The van der Waals surface area contributed by atoms with E-state index in [2.05, 4.69) is 64.7 Å². The average molecular weight is 670 g/mol. The Bertz CT molecular complexity index is 1070. The standard InChI is InChI=1S/C14H19NO3.C10H20O.C8H17N2P.C7H8/c1-2-3-9-13(16)12(15-14(17)18)10-11-7-5-4-6-8-11;1-3-5-9-7-8-11-10(9)6-4-2;1-8(2,4-3-5-9)6-11-7-10;1-7-5-3-2-4-6-7/h2,4-8,12-13,15-16H,1,3,9-10H2,(H,17,18);9-10H,3-8H2,1-2H3;11H,3-4,6-7,10H2,1-2H3;2-6H,1H3. The second-order valence-corrected chi connectivity index (χ2v) is 14.1. The first-order chi connectivity index (χ1) is 22.5. The summed E-state index contributed by atoms with van der Waals surface area (Å²) in [5, 5.41) is 29.5. The van der Waals surface area contributed by atoms with E-state index >= 15 is 0 Å². The van der Waals surface area contributed by atoms with Crippen LogP contribution in [0.15, 0.2) is 73.3 Å². The lowest BCUT2D eigenvalue weighted by molar-refractivity contribution is 0.0807. The maximum Gasteiger partial charge on any atom is 0.404 e. The van der Waals surface area contributed by atoms with E-state index in [0.717, 1.165) is 45.5 Å². The Morgan fingerprint density at radius 2 is 1.77 bits per heavy atom. The number of allylic oxidation sites excluding steroid dienone is 1. The van der Waals surface area contributed by atoms with Crippen molar-refractivity contribution in [2.75, 3.05) is 19.1 Å². The lowest BCUT2D eigenvalue weighted by Gasteiger charge is -2.22. The van der Waals surface area contributed by atoms with Gasteiger partial charge in [0.15, 0.2) is 0 Å². The Balaban J connectivity index is 0.000000634. The summed E-state index contributed by atoms with van der Waals surface area (Å²) in [6, 6.07) is 21.4. The highest BCUT2D eigenvalue weighted by Crippen LogP contribution is 2.29. The number of aryl methyl sites for hydroxylation is 1. The molecule has 5 unspecified atom stereocenters. The van der Waals surface area contributed by atoms with Crippen molar-refractivity contribution in [1.82, 2.24) is 5.32 Å². The molecule has 1 aliphatic heterocycles. The number of amides is 1. The predicted molar refractivity (Wildman–Crippen MR) is 200 cm³/mol. The number of aliphatic hydroxyl groups excluding tert-OH is 1. The summed E-state index contributed by atoms with van der Waals surface area (Å²) in [5.74, 6) is 0.875. The summed E-state index contributed by atoms with van der Waals surface area (Å²) in [4.78, 5) is 10.7. The zero-order valence-corrected chi connectivity index (χ0v) is 30.8. The first-order valence-corrected chi connectivity index (χ1v) is 18.7. The molecule has 3 rings (SSSR count). The number of carboxylic acid groups (broad SMARTS) is 1. The van der Waals surface area contributed by atoms with Gasteiger partial charge < -0.3 is 26.0 Å². The second-order valence-electron chi connectivity index (χ2n) is 12.8. The molecule has 8 heteroatoms. The Morgan fingerprint density at radius 3 is 2.26 bits per heavy atom. The maximum absolute atomic E-state index is 10.7. The molecular formula is C39H64N3O4P. The van der Waals surface area contributed by atoms with Crippen LogP contribution in [0.3, 0.4) is 0 Å². The van der Waals surface area contributed by atoms with E-state index in [1.165, 1.54) is 37.7 Å². The first-order valence-electron chi connectivity index (χ1n) is 17.3. The highest BCUT2D eigenvalue weighted by Gasteiger charge is 2.26. The molecule has 2 aromatic rings. The molecule has 1 fully saturated rings. The van der Waals surface area contributed by atoms with Gasteiger partial charge in [0.1, 0.15) is 0 Å². The molecule has 0 aliphatic carbocycles. The molecule has 0 spiro atoms. The summed E-state index contributed by atoms with van der Waals surface area (Å²) in [5.41, 5.74) is 8.04. The quantitative estimate of drug-likeness (QED) is 0.104. The SMILES string of the molecule is C=CCCC(O)C(Cc1ccccc1)NC(=O)O.CC(C)(CCC#N)CPCN.CCCC1CCOC1CCC.Cc1ccccc1. The van der Waals surface area contributed by atoms with Crippen molar-refractivity contribution in [3.05, 3.63) is 84.4 Å². The van der Waals surface area contributed by atoms with Gasteiger partial charge in [0.25, 0.3) is 0 Å². The van der Waals surface area contributed by atoms with Gasteiger partial charge in [0, 0.05) is 19.3 Å². The van der Waals surface area contributed by atoms with E-state index in [1.807, 2.05) is 48.5 Å². The van der Waals surface area contributed by atoms with Gasteiger partial charge in [-0.25, -0.2) is 4.79 Å². The van der Waals surface area contributed by atoms with Crippen LogP contribution >= 0.6 is 8.58 Å². The molecule has 1 aliphatic rings. The van der Waals surface area contributed by atoms with E-state index in [1.54, 1.807) is 6.08 Å². The smallest absolute Gasteiger partial charge is 0.404 e. The van der Waals surface area contributed by atoms with Crippen LogP contribution in [-0.2, 0) is 11.2 Å². The van der Waals surface area contributed by atoms with Crippen molar-refractivity contribution >= 4 is 14.7 Å². The molecule has 7 nitrogen and oxygen atoms in total. The van der Waals surface area contributed by atoms with Crippen LogP contribution in [-0.4, -0.2) is 53.6 Å². The number of nitriles is 1. The molecule has 0 aromatic heterocycles. The zero-order valence-electron chi connectivity index (χ0n) is 29.8. The minimum absolute atomic E-state index is 0.313. The number of hydrogen-bond donors (Lipinski definition) is 4. The third-order valence-electron chi connectivity index (χ3n) is 7.92. The predicted octanol–water partition coefficient (Wildman–Crippen LogP) is 9.09. The van der Waals surface area contributed by atoms with Gasteiger partial charge in [0.05, 0.1) is 24.3 Å². The highest BCUT2D eigenvalue weighted by molar-refractivity contribution is 7.37. The lowest BCUT2D eigenvalue weighted by atomic mass is 9.91. The number of nitrogens with zero attached hydrogens (tertiary/aromatic N) is 1. The Kier molecular flexibility index (Phi) is 26.6. The Morgan fingerprint density at radius 1 is 1.15 bits per heavy atom. The summed E-state index contributed by atoms with van der Waals surface area (Å²) < 4.78 is 5.66. The number of ether oxygens (including phenoxy) is 1. The number of benzene rings is 2. The molecule has 47 heavy (non-hydrogen) atoms. The molecule has 5 N–H and O–H groups in total. The first kappa shape index (κ1) is 44.2. The fourth-order valence-corrected chi connectivity index (χ4v) is 6.22. The van der Waals surface area contributed by atoms with Gasteiger partial charge in [-0.05, 0) is 74.9 Å². The highest BCUT2D eigenvalue weighted by atomic mass is 31.1. The molecule has 264 valence electrons. The lowest BCUT2D eigenvalue weighted by Crippen LogP contribution is -2.44. The average Bonchev–Trinajstić information content (AvgIpc) is 3.50. The third-order valence-corrected chi connectivity index (χ3v) is 9.42. The summed E-state index contributed by atoms with van der Waals surface area (Å²) >= 11 is 0. The van der Waals surface area contributed by atoms with Crippen LogP contribution in [0.4, 0.5) is 4.79 Å². The summed E-state index contributed by atoms with van der Waals surface area (Å²) in [6.07, 6.45) is 12.3. The van der Waals surface area contributed by atoms with E-state index < -0.39 is 18.2 Å². The number of nitrogens with one attached hydrogen (secondary N) is 1. The molecule has 0 bridgehead atoms. The number of nitrogens with two attached hydrogens (primary N) is 1. The molecule has 2 aromatic carbocycles.